The number of carbonyl (C=O) groups is 1. The Kier molecular flexibility index (Phi) is 4.81. The standard InChI is InChI=1S/C16H15ClFNO2/c1-10(11-6-7-15(18)14(17)9-11)19-13-5-3-4-12(8-13)16(20)21-2/h3-10,19H,1-2H3. The third kappa shape index (κ3) is 3.73. The molecule has 3 nitrogen and oxygen atoms in total. The zero-order valence-corrected chi connectivity index (χ0v) is 12.4. The molecular weight excluding hydrogens is 293 g/mol. The predicted molar refractivity (Wildman–Crippen MR) is 81.2 cm³/mol. The molecule has 21 heavy (non-hydrogen) atoms. The average molecular weight is 308 g/mol. The van der Waals surface area contributed by atoms with Gasteiger partial charge in [0, 0.05) is 11.7 Å². The highest BCUT2D eigenvalue weighted by Gasteiger charge is 2.10. The Hall–Kier alpha value is -2.07. The first-order valence-corrected chi connectivity index (χ1v) is 6.79. The Labute approximate surface area is 127 Å². The summed E-state index contributed by atoms with van der Waals surface area (Å²) >= 11 is 5.78. The van der Waals surface area contributed by atoms with E-state index in [2.05, 4.69) is 10.1 Å². The molecule has 2 aromatic carbocycles. The fraction of sp³-hybridized carbons (Fsp3) is 0.188. The predicted octanol–water partition coefficient (Wildman–Crippen LogP) is 4.44. The molecule has 110 valence electrons. The highest BCUT2D eigenvalue weighted by Crippen LogP contribution is 2.24. The molecule has 0 bridgehead atoms. The van der Waals surface area contributed by atoms with Gasteiger partial charge in [0.15, 0.2) is 0 Å². The number of hydrogen-bond acceptors (Lipinski definition) is 3. The van der Waals surface area contributed by atoms with Crippen molar-refractivity contribution < 1.29 is 13.9 Å². The minimum atomic E-state index is -0.444. The normalized spacial score (nSPS) is 11.8. The molecule has 0 heterocycles. The van der Waals surface area contributed by atoms with Crippen molar-refractivity contribution in [3.8, 4) is 0 Å². The van der Waals surface area contributed by atoms with Gasteiger partial charge < -0.3 is 10.1 Å². The van der Waals surface area contributed by atoms with E-state index in [1.54, 1.807) is 30.3 Å². The van der Waals surface area contributed by atoms with Crippen molar-refractivity contribution in [2.45, 2.75) is 13.0 Å². The molecule has 0 spiro atoms. The summed E-state index contributed by atoms with van der Waals surface area (Å²) in [5, 5.41) is 3.32. The minimum absolute atomic E-state index is 0.0870. The zero-order valence-electron chi connectivity index (χ0n) is 11.7. The van der Waals surface area contributed by atoms with E-state index in [9.17, 15) is 9.18 Å². The topological polar surface area (TPSA) is 38.3 Å². The van der Waals surface area contributed by atoms with Crippen LogP contribution in [0.15, 0.2) is 42.5 Å². The first kappa shape index (κ1) is 15.3. The number of carbonyl (C=O) groups excluding carboxylic acids is 1. The van der Waals surface area contributed by atoms with Gasteiger partial charge in [0.05, 0.1) is 17.7 Å². The molecule has 1 atom stereocenters. The van der Waals surface area contributed by atoms with Crippen LogP contribution in [0.4, 0.5) is 10.1 Å². The highest BCUT2D eigenvalue weighted by molar-refractivity contribution is 6.30. The Morgan fingerprint density at radius 3 is 2.71 bits per heavy atom. The molecule has 0 aliphatic rings. The summed E-state index contributed by atoms with van der Waals surface area (Å²) in [7, 11) is 1.34. The van der Waals surface area contributed by atoms with E-state index in [1.165, 1.54) is 13.2 Å². The van der Waals surface area contributed by atoms with E-state index in [0.717, 1.165) is 11.3 Å². The highest BCUT2D eigenvalue weighted by atomic mass is 35.5. The van der Waals surface area contributed by atoms with Gasteiger partial charge in [-0.15, -0.1) is 0 Å². The molecular formula is C16H15ClFNO2. The van der Waals surface area contributed by atoms with Crippen molar-refractivity contribution in [1.29, 1.82) is 0 Å². The monoisotopic (exact) mass is 307 g/mol. The van der Waals surface area contributed by atoms with Crippen molar-refractivity contribution in [3.63, 3.8) is 0 Å². The van der Waals surface area contributed by atoms with Crippen LogP contribution < -0.4 is 5.32 Å². The van der Waals surface area contributed by atoms with Gasteiger partial charge >= 0.3 is 5.97 Å². The Bertz CT molecular complexity index is 660. The SMILES string of the molecule is COC(=O)c1cccc(NC(C)c2ccc(F)c(Cl)c2)c1. The van der Waals surface area contributed by atoms with Crippen LogP contribution in [0.25, 0.3) is 0 Å². The summed E-state index contributed by atoms with van der Waals surface area (Å²) in [5.74, 6) is -0.837. The average Bonchev–Trinajstić information content (AvgIpc) is 2.49. The molecule has 0 saturated heterocycles. The van der Waals surface area contributed by atoms with Crippen LogP contribution in [0.5, 0.6) is 0 Å². The molecule has 2 rings (SSSR count). The maximum absolute atomic E-state index is 13.2. The number of nitrogens with one attached hydrogen (secondary N) is 1. The van der Waals surface area contributed by atoms with Crippen LogP contribution in [0.2, 0.25) is 5.02 Å². The molecule has 0 aliphatic carbocycles. The molecule has 0 fully saturated rings. The summed E-state index contributed by atoms with van der Waals surface area (Å²) in [6, 6.07) is 11.5. The number of hydrogen-bond donors (Lipinski definition) is 1. The smallest absolute Gasteiger partial charge is 0.337 e. The molecule has 5 heteroatoms. The first-order chi connectivity index (χ1) is 10.0. The minimum Gasteiger partial charge on any atom is -0.465 e. The van der Waals surface area contributed by atoms with Crippen molar-refractivity contribution >= 4 is 23.3 Å². The summed E-state index contributed by atoms with van der Waals surface area (Å²) < 4.78 is 17.8. The van der Waals surface area contributed by atoms with Gasteiger partial charge in [-0.25, -0.2) is 9.18 Å². The molecule has 1 N–H and O–H groups in total. The van der Waals surface area contributed by atoms with E-state index in [0.29, 0.717) is 5.56 Å². The quantitative estimate of drug-likeness (QED) is 0.849. The van der Waals surface area contributed by atoms with E-state index in [-0.39, 0.29) is 11.1 Å². The van der Waals surface area contributed by atoms with E-state index in [1.807, 2.05) is 13.0 Å². The molecule has 0 aromatic heterocycles. The van der Waals surface area contributed by atoms with Crippen molar-refractivity contribution in [2.75, 3.05) is 12.4 Å². The lowest BCUT2D eigenvalue weighted by molar-refractivity contribution is 0.0601. The number of benzene rings is 2. The third-order valence-corrected chi connectivity index (χ3v) is 3.40. The van der Waals surface area contributed by atoms with Crippen LogP contribution >= 0.6 is 11.6 Å². The maximum Gasteiger partial charge on any atom is 0.337 e. The molecule has 2 aromatic rings. The number of esters is 1. The Balaban J connectivity index is 2.17. The van der Waals surface area contributed by atoms with E-state index in [4.69, 9.17) is 11.6 Å². The van der Waals surface area contributed by atoms with Gasteiger partial charge in [-0.2, -0.15) is 0 Å². The maximum atomic E-state index is 13.2. The fourth-order valence-corrected chi connectivity index (χ4v) is 2.16. The largest absolute Gasteiger partial charge is 0.465 e. The second kappa shape index (κ2) is 6.59. The summed E-state index contributed by atoms with van der Waals surface area (Å²) in [6.07, 6.45) is 0. The lowest BCUT2D eigenvalue weighted by atomic mass is 10.1. The van der Waals surface area contributed by atoms with Crippen LogP contribution in [0.1, 0.15) is 28.9 Å². The van der Waals surface area contributed by atoms with Gasteiger partial charge in [0.2, 0.25) is 0 Å². The van der Waals surface area contributed by atoms with Crippen LogP contribution in [-0.4, -0.2) is 13.1 Å². The lowest BCUT2D eigenvalue weighted by Gasteiger charge is -2.16. The summed E-state index contributed by atoms with van der Waals surface area (Å²) in [6.45, 7) is 1.92. The molecule has 0 saturated carbocycles. The van der Waals surface area contributed by atoms with Gasteiger partial charge in [-0.1, -0.05) is 23.7 Å². The first-order valence-electron chi connectivity index (χ1n) is 6.41. The third-order valence-electron chi connectivity index (χ3n) is 3.11. The molecule has 0 amide bonds. The van der Waals surface area contributed by atoms with Gasteiger partial charge in [0.1, 0.15) is 5.82 Å². The van der Waals surface area contributed by atoms with E-state index >= 15 is 0 Å². The second-order valence-electron chi connectivity index (χ2n) is 4.61. The second-order valence-corrected chi connectivity index (χ2v) is 5.02. The van der Waals surface area contributed by atoms with Crippen molar-refractivity contribution in [3.05, 3.63) is 64.4 Å². The van der Waals surface area contributed by atoms with Gasteiger partial charge in [-0.3, -0.25) is 0 Å². The molecule has 1 unspecified atom stereocenters. The zero-order chi connectivity index (χ0) is 15.4. The van der Waals surface area contributed by atoms with Crippen molar-refractivity contribution in [2.24, 2.45) is 0 Å². The summed E-state index contributed by atoms with van der Waals surface area (Å²) in [4.78, 5) is 11.5. The number of halogens is 2. The lowest BCUT2D eigenvalue weighted by Crippen LogP contribution is -2.08. The van der Waals surface area contributed by atoms with Crippen LogP contribution in [0, 0.1) is 5.82 Å². The number of methoxy groups -OCH3 is 1. The van der Waals surface area contributed by atoms with Crippen molar-refractivity contribution in [1.82, 2.24) is 0 Å². The van der Waals surface area contributed by atoms with Crippen LogP contribution in [0.3, 0.4) is 0 Å². The fourth-order valence-electron chi connectivity index (χ4n) is 1.97. The Morgan fingerprint density at radius 2 is 2.05 bits per heavy atom. The van der Waals surface area contributed by atoms with Crippen LogP contribution in [-0.2, 0) is 4.74 Å². The van der Waals surface area contributed by atoms with E-state index < -0.39 is 11.8 Å². The van der Waals surface area contributed by atoms with Gasteiger partial charge in [-0.05, 0) is 42.8 Å². The molecule has 0 radical (unpaired) electrons. The Morgan fingerprint density at radius 1 is 1.29 bits per heavy atom. The number of rotatable bonds is 4. The van der Waals surface area contributed by atoms with Gasteiger partial charge in [0.25, 0.3) is 0 Å². The summed E-state index contributed by atoms with van der Waals surface area (Å²) in [5.41, 5.74) is 2.09. The number of ether oxygens (including phenoxy) is 1. The number of anilines is 1. The molecule has 0 aliphatic heterocycles.